The van der Waals surface area contributed by atoms with Gasteiger partial charge >= 0.3 is 0 Å². The molecule has 0 fully saturated rings. The minimum atomic E-state index is -0.230. The highest BCUT2D eigenvalue weighted by atomic mass is 32.1. The third-order valence-electron chi connectivity index (χ3n) is 1.41. The molecule has 0 amide bonds. The molecular weight excluding hydrogens is 200 g/mol. The van der Waals surface area contributed by atoms with Gasteiger partial charge in [0.25, 0.3) is 0 Å². The van der Waals surface area contributed by atoms with Gasteiger partial charge in [0, 0.05) is 6.20 Å². The number of nitrogens with one attached hydrogen (secondary N) is 1. The van der Waals surface area contributed by atoms with E-state index < -0.39 is 0 Å². The van der Waals surface area contributed by atoms with E-state index in [-0.39, 0.29) is 11.7 Å². The Balaban J connectivity index is 2.82. The first kappa shape index (κ1) is 10.6. The number of hydrazone groups is 1. The molecule has 5 nitrogen and oxygen atoms in total. The molecule has 0 aliphatic rings. The number of pyridine rings is 1. The summed E-state index contributed by atoms with van der Waals surface area (Å²) in [7, 11) is 0. The molecule has 0 radical (unpaired) electrons. The summed E-state index contributed by atoms with van der Waals surface area (Å²) in [5.41, 5.74) is 8.55. The summed E-state index contributed by atoms with van der Waals surface area (Å²) >= 11 is 4.57. The molecular formula is C8H10N4OS. The molecule has 0 aromatic carbocycles. The summed E-state index contributed by atoms with van der Waals surface area (Å²) in [5, 5.41) is 12.8. The predicted molar refractivity (Wildman–Crippen MR) is 57.8 cm³/mol. The SMILES string of the molecule is NC(=S)N/N=C(/CO)c1ccccn1. The van der Waals surface area contributed by atoms with Gasteiger partial charge in [0.1, 0.15) is 5.71 Å². The maximum atomic E-state index is 9.00. The van der Waals surface area contributed by atoms with Crippen molar-refractivity contribution in [1.82, 2.24) is 10.4 Å². The van der Waals surface area contributed by atoms with Crippen molar-refractivity contribution in [3.8, 4) is 0 Å². The number of hydrogen-bond donors (Lipinski definition) is 3. The van der Waals surface area contributed by atoms with E-state index in [1.165, 1.54) is 0 Å². The Bertz CT molecular complexity index is 338. The van der Waals surface area contributed by atoms with Crippen molar-refractivity contribution in [2.24, 2.45) is 10.8 Å². The van der Waals surface area contributed by atoms with Gasteiger partial charge in [-0.3, -0.25) is 10.4 Å². The van der Waals surface area contributed by atoms with Crippen LogP contribution in [0, 0.1) is 0 Å². The molecule has 1 heterocycles. The van der Waals surface area contributed by atoms with Crippen LogP contribution in [0.3, 0.4) is 0 Å². The number of rotatable bonds is 3. The van der Waals surface area contributed by atoms with E-state index >= 15 is 0 Å². The summed E-state index contributed by atoms with van der Waals surface area (Å²) in [6.45, 7) is -0.230. The van der Waals surface area contributed by atoms with Crippen LogP contribution in [0.4, 0.5) is 0 Å². The molecule has 0 aliphatic heterocycles. The Labute approximate surface area is 86.7 Å². The zero-order valence-corrected chi connectivity index (χ0v) is 8.16. The summed E-state index contributed by atoms with van der Waals surface area (Å²) in [5.74, 6) is 0. The Hall–Kier alpha value is -1.53. The van der Waals surface area contributed by atoms with Crippen LogP contribution in [-0.2, 0) is 0 Å². The number of thiocarbonyl (C=S) groups is 1. The van der Waals surface area contributed by atoms with E-state index in [2.05, 4.69) is 27.7 Å². The van der Waals surface area contributed by atoms with Crippen molar-refractivity contribution in [1.29, 1.82) is 0 Å². The highest BCUT2D eigenvalue weighted by molar-refractivity contribution is 7.80. The second kappa shape index (κ2) is 5.25. The van der Waals surface area contributed by atoms with Gasteiger partial charge in [0.05, 0.1) is 12.3 Å². The molecule has 0 unspecified atom stereocenters. The molecule has 1 rings (SSSR count). The molecule has 0 spiro atoms. The molecule has 0 saturated heterocycles. The van der Waals surface area contributed by atoms with Gasteiger partial charge in [-0.15, -0.1) is 0 Å². The van der Waals surface area contributed by atoms with Gasteiger partial charge < -0.3 is 10.8 Å². The van der Waals surface area contributed by atoms with Crippen molar-refractivity contribution in [3.63, 3.8) is 0 Å². The molecule has 4 N–H and O–H groups in total. The number of nitrogens with two attached hydrogens (primary N) is 1. The van der Waals surface area contributed by atoms with Crippen molar-refractivity contribution < 1.29 is 5.11 Å². The highest BCUT2D eigenvalue weighted by Crippen LogP contribution is 1.95. The van der Waals surface area contributed by atoms with Gasteiger partial charge in [-0.05, 0) is 24.4 Å². The van der Waals surface area contributed by atoms with E-state index in [1.807, 2.05) is 0 Å². The van der Waals surface area contributed by atoms with E-state index in [4.69, 9.17) is 10.8 Å². The fraction of sp³-hybridized carbons (Fsp3) is 0.125. The van der Waals surface area contributed by atoms with Crippen LogP contribution in [0.15, 0.2) is 29.5 Å². The normalized spacial score (nSPS) is 11.1. The number of aliphatic hydroxyl groups excluding tert-OH is 1. The van der Waals surface area contributed by atoms with Gasteiger partial charge in [-0.25, -0.2) is 0 Å². The largest absolute Gasteiger partial charge is 0.390 e. The molecule has 1 aromatic rings. The average molecular weight is 210 g/mol. The Morgan fingerprint density at radius 1 is 1.64 bits per heavy atom. The van der Waals surface area contributed by atoms with Crippen LogP contribution in [0.2, 0.25) is 0 Å². The lowest BCUT2D eigenvalue weighted by atomic mass is 10.2. The van der Waals surface area contributed by atoms with Gasteiger partial charge in [-0.2, -0.15) is 5.10 Å². The summed E-state index contributed by atoms with van der Waals surface area (Å²) < 4.78 is 0. The average Bonchev–Trinajstić information content (AvgIpc) is 2.20. The maximum absolute atomic E-state index is 9.00. The zero-order valence-electron chi connectivity index (χ0n) is 7.34. The van der Waals surface area contributed by atoms with E-state index in [1.54, 1.807) is 24.4 Å². The lowest BCUT2D eigenvalue weighted by Gasteiger charge is -2.02. The third-order valence-corrected chi connectivity index (χ3v) is 1.50. The van der Waals surface area contributed by atoms with Crippen molar-refractivity contribution in [3.05, 3.63) is 30.1 Å². The molecule has 74 valence electrons. The molecule has 0 aliphatic carbocycles. The molecule has 6 heteroatoms. The fourth-order valence-corrected chi connectivity index (χ4v) is 0.875. The quantitative estimate of drug-likeness (QED) is 0.359. The van der Waals surface area contributed by atoms with Gasteiger partial charge in [0.15, 0.2) is 5.11 Å². The van der Waals surface area contributed by atoms with Crippen LogP contribution < -0.4 is 11.2 Å². The van der Waals surface area contributed by atoms with Crippen molar-refractivity contribution in [2.45, 2.75) is 0 Å². The second-order valence-electron chi connectivity index (χ2n) is 2.41. The monoisotopic (exact) mass is 210 g/mol. The number of nitrogens with zero attached hydrogens (tertiary/aromatic N) is 2. The highest BCUT2D eigenvalue weighted by Gasteiger charge is 2.02. The maximum Gasteiger partial charge on any atom is 0.184 e. The van der Waals surface area contributed by atoms with E-state index in [9.17, 15) is 0 Å². The van der Waals surface area contributed by atoms with Crippen molar-refractivity contribution in [2.75, 3.05) is 6.61 Å². The third kappa shape index (κ3) is 3.08. The summed E-state index contributed by atoms with van der Waals surface area (Å²) in [6, 6.07) is 5.31. The zero-order chi connectivity index (χ0) is 10.4. The van der Waals surface area contributed by atoms with E-state index in [0.29, 0.717) is 11.4 Å². The Morgan fingerprint density at radius 2 is 2.43 bits per heavy atom. The number of aliphatic hydroxyl groups is 1. The van der Waals surface area contributed by atoms with E-state index in [0.717, 1.165) is 0 Å². The first-order chi connectivity index (χ1) is 6.74. The second-order valence-corrected chi connectivity index (χ2v) is 2.85. The smallest absolute Gasteiger partial charge is 0.184 e. The lowest BCUT2D eigenvalue weighted by molar-refractivity contribution is 0.357. The standard InChI is InChI=1S/C8H10N4OS/c9-8(14)12-11-7(5-13)6-3-1-2-4-10-6/h1-4,13H,5H2,(H3,9,12,14)/b11-7-. The molecule has 14 heavy (non-hydrogen) atoms. The lowest BCUT2D eigenvalue weighted by Crippen LogP contribution is -2.26. The molecule has 0 saturated carbocycles. The first-order valence-corrected chi connectivity index (χ1v) is 4.29. The van der Waals surface area contributed by atoms with Crippen LogP contribution in [0.5, 0.6) is 0 Å². The van der Waals surface area contributed by atoms with Crippen molar-refractivity contribution >= 4 is 23.0 Å². The van der Waals surface area contributed by atoms with Crippen LogP contribution in [-0.4, -0.2) is 27.5 Å². The minimum Gasteiger partial charge on any atom is -0.390 e. The number of aromatic nitrogens is 1. The first-order valence-electron chi connectivity index (χ1n) is 3.88. The van der Waals surface area contributed by atoms with Gasteiger partial charge in [-0.1, -0.05) is 6.07 Å². The Morgan fingerprint density at radius 3 is 2.93 bits per heavy atom. The molecule has 1 aromatic heterocycles. The van der Waals surface area contributed by atoms with Crippen LogP contribution in [0.25, 0.3) is 0 Å². The Kier molecular flexibility index (Phi) is 3.96. The summed E-state index contributed by atoms with van der Waals surface area (Å²) in [6.07, 6.45) is 1.61. The fourth-order valence-electron chi connectivity index (χ4n) is 0.830. The topological polar surface area (TPSA) is 83.5 Å². The van der Waals surface area contributed by atoms with Crippen LogP contribution >= 0.6 is 12.2 Å². The van der Waals surface area contributed by atoms with Crippen LogP contribution in [0.1, 0.15) is 5.69 Å². The number of hydrogen-bond acceptors (Lipinski definition) is 4. The molecule has 0 atom stereocenters. The minimum absolute atomic E-state index is 0.0480. The molecule has 0 bridgehead atoms. The summed E-state index contributed by atoms with van der Waals surface area (Å²) in [4.78, 5) is 4.01. The van der Waals surface area contributed by atoms with Gasteiger partial charge in [0.2, 0.25) is 0 Å². The predicted octanol–water partition coefficient (Wildman–Crippen LogP) is -0.389.